The van der Waals surface area contributed by atoms with Gasteiger partial charge < -0.3 is 14.6 Å². The molecular formula is C14H10ClFO4. The van der Waals surface area contributed by atoms with Crippen molar-refractivity contribution >= 4 is 17.6 Å². The molecule has 0 spiro atoms. The van der Waals surface area contributed by atoms with E-state index >= 15 is 0 Å². The molecule has 0 aliphatic rings. The predicted molar refractivity (Wildman–Crippen MR) is 71.1 cm³/mol. The van der Waals surface area contributed by atoms with Crippen molar-refractivity contribution in [2.24, 2.45) is 0 Å². The normalized spacial score (nSPS) is 10.1. The van der Waals surface area contributed by atoms with Gasteiger partial charge in [-0.25, -0.2) is 9.18 Å². The third-order valence-electron chi connectivity index (χ3n) is 2.30. The van der Waals surface area contributed by atoms with Crippen molar-refractivity contribution in [1.82, 2.24) is 0 Å². The number of halogens is 2. The summed E-state index contributed by atoms with van der Waals surface area (Å²) in [4.78, 5) is 10.5. The number of hydrogen-bond donors (Lipinski definition) is 1. The van der Waals surface area contributed by atoms with Crippen LogP contribution in [0.25, 0.3) is 0 Å². The van der Waals surface area contributed by atoms with Crippen molar-refractivity contribution in [2.75, 3.05) is 6.61 Å². The van der Waals surface area contributed by atoms with E-state index in [9.17, 15) is 9.18 Å². The summed E-state index contributed by atoms with van der Waals surface area (Å²) in [6.07, 6.45) is 0. The predicted octanol–water partition coefficient (Wildman–Crippen LogP) is 3.73. The standard InChI is InChI=1S/C14H10ClFO4/c15-9-3-1-4-10(7-9)20-14-11(16)5-2-6-12(14)19-8-13(17)18/h1-7H,8H2,(H,17,18). The summed E-state index contributed by atoms with van der Waals surface area (Å²) in [7, 11) is 0. The smallest absolute Gasteiger partial charge is 0.341 e. The van der Waals surface area contributed by atoms with Crippen LogP contribution in [-0.2, 0) is 4.79 Å². The number of benzene rings is 2. The second-order valence-electron chi connectivity index (χ2n) is 3.81. The first-order valence-electron chi connectivity index (χ1n) is 5.63. The Morgan fingerprint density at radius 3 is 2.70 bits per heavy atom. The van der Waals surface area contributed by atoms with Gasteiger partial charge in [-0.2, -0.15) is 0 Å². The first-order chi connectivity index (χ1) is 9.56. The Hall–Kier alpha value is -2.27. The molecule has 1 N–H and O–H groups in total. The van der Waals surface area contributed by atoms with Crippen LogP contribution in [-0.4, -0.2) is 17.7 Å². The monoisotopic (exact) mass is 296 g/mol. The van der Waals surface area contributed by atoms with E-state index in [2.05, 4.69) is 0 Å². The van der Waals surface area contributed by atoms with Crippen LogP contribution >= 0.6 is 11.6 Å². The van der Waals surface area contributed by atoms with Crippen LogP contribution in [0, 0.1) is 5.82 Å². The molecule has 0 unspecified atom stereocenters. The minimum absolute atomic E-state index is 0.00683. The quantitative estimate of drug-likeness (QED) is 0.913. The summed E-state index contributed by atoms with van der Waals surface area (Å²) in [5.74, 6) is -1.68. The van der Waals surface area contributed by atoms with Crippen LogP contribution < -0.4 is 9.47 Å². The number of aliphatic carboxylic acids is 1. The lowest BCUT2D eigenvalue weighted by Crippen LogP contribution is -2.10. The van der Waals surface area contributed by atoms with Crippen molar-refractivity contribution in [1.29, 1.82) is 0 Å². The maximum absolute atomic E-state index is 13.8. The number of hydrogen-bond acceptors (Lipinski definition) is 3. The molecule has 0 saturated heterocycles. The highest BCUT2D eigenvalue weighted by Gasteiger charge is 2.13. The van der Waals surface area contributed by atoms with E-state index in [4.69, 9.17) is 26.2 Å². The highest BCUT2D eigenvalue weighted by atomic mass is 35.5. The van der Waals surface area contributed by atoms with Crippen LogP contribution in [0.2, 0.25) is 5.02 Å². The Bertz CT molecular complexity index is 630. The van der Waals surface area contributed by atoms with Gasteiger partial charge in [0.15, 0.2) is 18.2 Å². The van der Waals surface area contributed by atoms with E-state index in [-0.39, 0.29) is 11.5 Å². The molecule has 0 amide bonds. The number of carbonyl (C=O) groups is 1. The average Bonchev–Trinajstić information content (AvgIpc) is 2.39. The van der Waals surface area contributed by atoms with Gasteiger partial charge in [-0.1, -0.05) is 23.7 Å². The van der Waals surface area contributed by atoms with Crippen molar-refractivity contribution in [3.8, 4) is 17.2 Å². The van der Waals surface area contributed by atoms with Gasteiger partial charge >= 0.3 is 5.97 Å². The van der Waals surface area contributed by atoms with Crippen molar-refractivity contribution < 1.29 is 23.8 Å². The van der Waals surface area contributed by atoms with Crippen LogP contribution in [0.15, 0.2) is 42.5 Å². The largest absolute Gasteiger partial charge is 0.479 e. The van der Waals surface area contributed by atoms with E-state index < -0.39 is 18.4 Å². The molecule has 0 heterocycles. The van der Waals surface area contributed by atoms with Crippen LogP contribution in [0.5, 0.6) is 17.2 Å². The number of rotatable bonds is 5. The molecule has 6 heteroatoms. The molecule has 0 bridgehead atoms. The molecule has 2 aromatic rings. The maximum atomic E-state index is 13.8. The van der Waals surface area contributed by atoms with Crippen molar-refractivity contribution in [3.63, 3.8) is 0 Å². The Labute approximate surface area is 119 Å². The lowest BCUT2D eigenvalue weighted by Gasteiger charge is -2.12. The van der Waals surface area contributed by atoms with Crippen LogP contribution in [0.3, 0.4) is 0 Å². The van der Waals surface area contributed by atoms with Crippen molar-refractivity contribution in [3.05, 3.63) is 53.3 Å². The number of carboxylic acids is 1. The second kappa shape index (κ2) is 6.25. The molecular weight excluding hydrogens is 287 g/mol. The maximum Gasteiger partial charge on any atom is 0.341 e. The Balaban J connectivity index is 2.27. The first-order valence-corrected chi connectivity index (χ1v) is 6.00. The summed E-state index contributed by atoms with van der Waals surface area (Å²) in [6, 6.07) is 10.4. The molecule has 0 fully saturated rings. The molecule has 0 radical (unpaired) electrons. The Morgan fingerprint density at radius 2 is 2.00 bits per heavy atom. The summed E-state index contributed by atoms with van der Waals surface area (Å²) < 4.78 is 24.1. The van der Waals surface area contributed by atoms with Crippen LogP contribution in [0.4, 0.5) is 4.39 Å². The van der Waals surface area contributed by atoms with Crippen molar-refractivity contribution in [2.45, 2.75) is 0 Å². The molecule has 104 valence electrons. The van der Waals surface area contributed by atoms with Gasteiger partial charge in [0.25, 0.3) is 0 Å². The van der Waals surface area contributed by atoms with Gasteiger partial charge in [-0.05, 0) is 30.3 Å². The van der Waals surface area contributed by atoms with E-state index in [1.165, 1.54) is 24.3 Å². The number of para-hydroxylation sites is 1. The molecule has 20 heavy (non-hydrogen) atoms. The van der Waals surface area contributed by atoms with E-state index in [0.717, 1.165) is 0 Å². The summed E-state index contributed by atoms with van der Waals surface area (Å²) >= 11 is 5.81. The third kappa shape index (κ3) is 3.61. The van der Waals surface area contributed by atoms with Gasteiger partial charge in [0.1, 0.15) is 5.75 Å². The van der Waals surface area contributed by atoms with E-state index in [1.807, 2.05) is 0 Å². The molecule has 0 aromatic heterocycles. The van der Waals surface area contributed by atoms with Gasteiger partial charge in [0, 0.05) is 5.02 Å². The zero-order chi connectivity index (χ0) is 14.5. The minimum Gasteiger partial charge on any atom is -0.479 e. The summed E-state index contributed by atoms with van der Waals surface area (Å²) in [5, 5.41) is 9.02. The first kappa shape index (κ1) is 14.1. The van der Waals surface area contributed by atoms with Crippen LogP contribution in [0.1, 0.15) is 0 Å². The minimum atomic E-state index is -1.16. The lowest BCUT2D eigenvalue weighted by atomic mass is 10.3. The molecule has 2 aromatic carbocycles. The summed E-state index contributed by atoms with van der Waals surface area (Å²) in [6.45, 7) is -0.588. The van der Waals surface area contributed by atoms with Gasteiger partial charge in [0.2, 0.25) is 5.75 Å². The SMILES string of the molecule is O=C(O)COc1cccc(F)c1Oc1cccc(Cl)c1. The number of carboxylic acid groups (broad SMARTS) is 1. The van der Waals surface area contributed by atoms with Gasteiger partial charge in [0.05, 0.1) is 0 Å². The van der Waals surface area contributed by atoms with Gasteiger partial charge in [-0.3, -0.25) is 0 Å². The zero-order valence-electron chi connectivity index (χ0n) is 10.2. The zero-order valence-corrected chi connectivity index (χ0v) is 10.9. The third-order valence-corrected chi connectivity index (χ3v) is 2.53. The molecule has 0 aliphatic carbocycles. The van der Waals surface area contributed by atoms with Gasteiger partial charge in [-0.15, -0.1) is 0 Å². The lowest BCUT2D eigenvalue weighted by molar-refractivity contribution is -0.139. The molecule has 4 nitrogen and oxygen atoms in total. The average molecular weight is 297 g/mol. The fourth-order valence-electron chi connectivity index (χ4n) is 1.49. The fraction of sp³-hybridized carbons (Fsp3) is 0.0714. The molecule has 0 atom stereocenters. The van der Waals surface area contributed by atoms with E-state index in [0.29, 0.717) is 10.8 Å². The second-order valence-corrected chi connectivity index (χ2v) is 4.25. The highest BCUT2D eigenvalue weighted by molar-refractivity contribution is 6.30. The molecule has 0 aliphatic heterocycles. The summed E-state index contributed by atoms with van der Waals surface area (Å²) in [5.41, 5.74) is 0. The highest BCUT2D eigenvalue weighted by Crippen LogP contribution is 2.34. The Morgan fingerprint density at radius 1 is 1.25 bits per heavy atom. The molecule has 2 rings (SSSR count). The van der Waals surface area contributed by atoms with E-state index in [1.54, 1.807) is 18.2 Å². The topological polar surface area (TPSA) is 55.8 Å². The molecule has 0 saturated carbocycles. The fourth-order valence-corrected chi connectivity index (χ4v) is 1.67. The number of ether oxygens (including phenoxy) is 2. The Kier molecular flexibility index (Phi) is 4.42.